The Hall–Kier alpha value is -1.10. The van der Waals surface area contributed by atoms with Crippen LogP contribution in [0.15, 0.2) is 24.3 Å². The lowest BCUT2D eigenvalue weighted by Gasteiger charge is -2.33. The quantitative estimate of drug-likeness (QED) is 0.863. The van der Waals surface area contributed by atoms with Crippen molar-refractivity contribution in [1.82, 2.24) is 4.90 Å². The van der Waals surface area contributed by atoms with Gasteiger partial charge in [-0.15, -0.1) is 0 Å². The van der Waals surface area contributed by atoms with Gasteiger partial charge in [-0.05, 0) is 17.7 Å². The Labute approximate surface area is 105 Å². The SMILES string of the molecule is NCC(=O)N1CCO[C@@H](c2ccc(Cl)cc2)C1. The van der Waals surface area contributed by atoms with Gasteiger partial charge in [0.15, 0.2) is 0 Å². The topological polar surface area (TPSA) is 55.6 Å². The Morgan fingerprint density at radius 2 is 2.18 bits per heavy atom. The summed E-state index contributed by atoms with van der Waals surface area (Å²) in [7, 11) is 0. The predicted octanol–water partition coefficient (Wildman–Crippen LogP) is 1.20. The minimum atomic E-state index is -0.0866. The number of halogens is 1. The molecule has 1 saturated heterocycles. The van der Waals surface area contributed by atoms with Gasteiger partial charge in [0, 0.05) is 11.6 Å². The first-order valence-electron chi connectivity index (χ1n) is 5.55. The first kappa shape index (κ1) is 12.4. The molecule has 0 aromatic heterocycles. The lowest BCUT2D eigenvalue weighted by molar-refractivity contribution is -0.137. The third-order valence-corrected chi connectivity index (χ3v) is 3.09. The van der Waals surface area contributed by atoms with E-state index in [-0.39, 0.29) is 18.6 Å². The highest BCUT2D eigenvalue weighted by Gasteiger charge is 2.24. The average molecular weight is 255 g/mol. The molecule has 0 bridgehead atoms. The number of carbonyl (C=O) groups excluding carboxylic acids is 1. The van der Waals surface area contributed by atoms with E-state index in [9.17, 15) is 4.79 Å². The summed E-state index contributed by atoms with van der Waals surface area (Å²) in [4.78, 5) is 13.3. The van der Waals surface area contributed by atoms with Gasteiger partial charge in [-0.25, -0.2) is 0 Å². The summed E-state index contributed by atoms with van der Waals surface area (Å²) >= 11 is 5.83. The molecule has 92 valence electrons. The number of rotatable bonds is 2. The van der Waals surface area contributed by atoms with Crippen LogP contribution in [0.2, 0.25) is 5.02 Å². The minimum absolute atomic E-state index is 0.0349. The lowest BCUT2D eigenvalue weighted by Crippen LogP contribution is -2.44. The van der Waals surface area contributed by atoms with Gasteiger partial charge in [-0.3, -0.25) is 4.79 Å². The van der Waals surface area contributed by atoms with Gasteiger partial charge < -0.3 is 15.4 Å². The normalized spacial score (nSPS) is 20.4. The maximum Gasteiger partial charge on any atom is 0.236 e. The number of morpholine rings is 1. The van der Waals surface area contributed by atoms with E-state index in [4.69, 9.17) is 22.1 Å². The van der Waals surface area contributed by atoms with E-state index in [1.807, 2.05) is 24.3 Å². The summed E-state index contributed by atoms with van der Waals surface area (Å²) in [6.45, 7) is 1.75. The molecular weight excluding hydrogens is 240 g/mol. The molecule has 1 aromatic rings. The highest BCUT2D eigenvalue weighted by molar-refractivity contribution is 6.30. The highest BCUT2D eigenvalue weighted by Crippen LogP contribution is 2.23. The molecule has 17 heavy (non-hydrogen) atoms. The first-order chi connectivity index (χ1) is 8.20. The predicted molar refractivity (Wildman–Crippen MR) is 65.8 cm³/mol. The fourth-order valence-electron chi connectivity index (χ4n) is 1.88. The summed E-state index contributed by atoms with van der Waals surface area (Å²) < 4.78 is 5.65. The third kappa shape index (κ3) is 2.97. The Kier molecular flexibility index (Phi) is 3.99. The van der Waals surface area contributed by atoms with Gasteiger partial charge in [0.1, 0.15) is 6.10 Å². The number of ether oxygens (including phenoxy) is 1. The Morgan fingerprint density at radius 1 is 1.47 bits per heavy atom. The van der Waals surface area contributed by atoms with Crippen molar-refractivity contribution in [2.24, 2.45) is 5.73 Å². The largest absolute Gasteiger partial charge is 0.370 e. The maximum atomic E-state index is 11.5. The van der Waals surface area contributed by atoms with Crippen molar-refractivity contribution in [2.45, 2.75) is 6.10 Å². The molecular formula is C12H15ClN2O2. The molecule has 5 heteroatoms. The molecule has 0 radical (unpaired) electrons. The second-order valence-electron chi connectivity index (χ2n) is 3.95. The highest BCUT2D eigenvalue weighted by atomic mass is 35.5. The van der Waals surface area contributed by atoms with Gasteiger partial charge in [0.25, 0.3) is 0 Å². The molecule has 1 heterocycles. The number of hydrogen-bond donors (Lipinski definition) is 1. The van der Waals surface area contributed by atoms with E-state index in [1.165, 1.54) is 0 Å². The summed E-state index contributed by atoms with van der Waals surface area (Å²) in [5, 5.41) is 0.694. The molecule has 1 fully saturated rings. The monoisotopic (exact) mass is 254 g/mol. The molecule has 1 aromatic carbocycles. The number of nitrogens with zero attached hydrogens (tertiary/aromatic N) is 1. The van der Waals surface area contributed by atoms with Crippen molar-refractivity contribution in [3.05, 3.63) is 34.9 Å². The van der Waals surface area contributed by atoms with E-state index in [0.29, 0.717) is 24.7 Å². The van der Waals surface area contributed by atoms with Crippen molar-refractivity contribution >= 4 is 17.5 Å². The lowest BCUT2D eigenvalue weighted by atomic mass is 10.1. The molecule has 4 nitrogen and oxygen atoms in total. The van der Waals surface area contributed by atoms with Crippen LogP contribution in [0.5, 0.6) is 0 Å². The number of carbonyl (C=O) groups is 1. The van der Waals surface area contributed by atoms with Gasteiger partial charge in [0.2, 0.25) is 5.91 Å². The van der Waals surface area contributed by atoms with Gasteiger partial charge in [-0.1, -0.05) is 23.7 Å². The number of amides is 1. The van der Waals surface area contributed by atoms with E-state index >= 15 is 0 Å². The van der Waals surface area contributed by atoms with Gasteiger partial charge in [-0.2, -0.15) is 0 Å². The molecule has 0 aliphatic carbocycles. The zero-order valence-electron chi connectivity index (χ0n) is 9.43. The van der Waals surface area contributed by atoms with E-state index in [2.05, 4.69) is 0 Å². The Balaban J connectivity index is 2.06. The molecule has 0 unspecified atom stereocenters. The molecule has 1 aliphatic rings. The van der Waals surface area contributed by atoms with Crippen LogP contribution in [-0.4, -0.2) is 37.0 Å². The van der Waals surface area contributed by atoms with Crippen LogP contribution in [-0.2, 0) is 9.53 Å². The standard InChI is InChI=1S/C12H15ClN2O2/c13-10-3-1-9(2-4-10)11-8-15(5-6-17-11)12(16)7-14/h1-4,11H,5-8,14H2/t11-/m1/s1. The number of nitrogens with two attached hydrogens (primary N) is 1. The second kappa shape index (κ2) is 5.49. The van der Waals surface area contributed by atoms with Crippen LogP contribution in [0.25, 0.3) is 0 Å². The molecule has 2 rings (SSSR count). The van der Waals surface area contributed by atoms with Crippen LogP contribution >= 0.6 is 11.6 Å². The third-order valence-electron chi connectivity index (χ3n) is 2.84. The smallest absolute Gasteiger partial charge is 0.236 e. The summed E-state index contributed by atoms with van der Waals surface area (Å²) in [5.74, 6) is -0.0349. The summed E-state index contributed by atoms with van der Waals surface area (Å²) in [6.07, 6.45) is -0.0866. The molecule has 0 saturated carbocycles. The number of benzene rings is 1. The van der Waals surface area contributed by atoms with Crippen LogP contribution in [0.3, 0.4) is 0 Å². The Morgan fingerprint density at radius 3 is 2.82 bits per heavy atom. The van der Waals surface area contributed by atoms with Crippen molar-refractivity contribution in [2.75, 3.05) is 26.2 Å². The second-order valence-corrected chi connectivity index (χ2v) is 4.39. The van der Waals surface area contributed by atoms with E-state index < -0.39 is 0 Å². The van der Waals surface area contributed by atoms with Crippen LogP contribution in [0, 0.1) is 0 Å². The zero-order chi connectivity index (χ0) is 12.3. The van der Waals surface area contributed by atoms with Crippen LogP contribution in [0.4, 0.5) is 0 Å². The van der Waals surface area contributed by atoms with Crippen molar-refractivity contribution in [1.29, 1.82) is 0 Å². The van der Waals surface area contributed by atoms with Crippen LogP contribution < -0.4 is 5.73 Å². The number of hydrogen-bond acceptors (Lipinski definition) is 3. The molecule has 1 amide bonds. The minimum Gasteiger partial charge on any atom is -0.370 e. The molecule has 1 atom stereocenters. The first-order valence-corrected chi connectivity index (χ1v) is 5.93. The fraction of sp³-hybridized carbons (Fsp3) is 0.417. The summed E-state index contributed by atoms with van der Waals surface area (Å²) in [5.41, 5.74) is 6.39. The average Bonchev–Trinajstić information content (AvgIpc) is 2.39. The maximum absolute atomic E-state index is 11.5. The van der Waals surface area contributed by atoms with Crippen LogP contribution in [0.1, 0.15) is 11.7 Å². The zero-order valence-corrected chi connectivity index (χ0v) is 10.2. The summed E-state index contributed by atoms with van der Waals surface area (Å²) in [6, 6.07) is 7.49. The van der Waals surface area contributed by atoms with Gasteiger partial charge in [0.05, 0.1) is 19.7 Å². The Bertz CT molecular complexity index is 394. The van der Waals surface area contributed by atoms with Crippen molar-refractivity contribution in [3.63, 3.8) is 0 Å². The van der Waals surface area contributed by atoms with Gasteiger partial charge >= 0.3 is 0 Å². The fourth-order valence-corrected chi connectivity index (χ4v) is 2.01. The molecule has 0 spiro atoms. The van der Waals surface area contributed by atoms with E-state index in [1.54, 1.807) is 4.90 Å². The van der Waals surface area contributed by atoms with E-state index in [0.717, 1.165) is 5.56 Å². The van der Waals surface area contributed by atoms with Crippen molar-refractivity contribution < 1.29 is 9.53 Å². The molecule has 1 aliphatic heterocycles. The molecule has 2 N–H and O–H groups in total. The van der Waals surface area contributed by atoms with Crippen molar-refractivity contribution in [3.8, 4) is 0 Å².